The molecule has 1 N–H and O–H groups in total. The number of halogens is 1. The largest absolute Gasteiger partial charge is 0.494 e. The number of ether oxygens (including phenoxy) is 1. The minimum absolute atomic E-state index is 0.128. The van der Waals surface area contributed by atoms with E-state index in [1.165, 1.54) is 48.4 Å². The van der Waals surface area contributed by atoms with E-state index in [9.17, 15) is 18.8 Å². The van der Waals surface area contributed by atoms with Crippen molar-refractivity contribution in [3.63, 3.8) is 0 Å². The van der Waals surface area contributed by atoms with Crippen LogP contribution in [0.15, 0.2) is 45.4 Å². The van der Waals surface area contributed by atoms with Crippen LogP contribution in [0, 0.1) is 5.82 Å². The summed E-state index contributed by atoms with van der Waals surface area (Å²) in [5, 5.41) is 4.90. The van der Waals surface area contributed by atoms with Crippen LogP contribution in [0.5, 0.6) is 5.75 Å². The van der Waals surface area contributed by atoms with Crippen molar-refractivity contribution in [3.05, 3.63) is 68.2 Å². The Hall–Kier alpha value is -3.86. The van der Waals surface area contributed by atoms with E-state index in [0.29, 0.717) is 21.9 Å². The van der Waals surface area contributed by atoms with E-state index in [4.69, 9.17) is 4.74 Å². The molecule has 0 aliphatic rings. The van der Waals surface area contributed by atoms with Gasteiger partial charge in [0.05, 0.1) is 35.8 Å². The van der Waals surface area contributed by atoms with Gasteiger partial charge >= 0.3 is 5.69 Å². The molecule has 0 bridgehead atoms. The Kier molecular flexibility index (Phi) is 5.57. The van der Waals surface area contributed by atoms with Gasteiger partial charge in [0.1, 0.15) is 0 Å². The molecule has 164 valence electrons. The Morgan fingerprint density at radius 2 is 2.00 bits per heavy atom. The fraction of sp³-hybridized carbons (Fsp3) is 0.190. The third-order valence-corrected chi connectivity index (χ3v) is 5.75. The average Bonchev–Trinajstić information content (AvgIpc) is 3.24. The fourth-order valence-corrected chi connectivity index (χ4v) is 4.06. The number of methoxy groups -OCH3 is 1. The van der Waals surface area contributed by atoms with Crippen LogP contribution < -0.4 is 21.3 Å². The number of carbonyl (C=O) groups excluding carboxylic acids is 1. The molecule has 32 heavy (non-hydrogen) atoms. The second-order valence-corrected chi connectivity index (χ2v) is 7.83. The maximum Gasteiger partial charge on any atom is 0.330 e. The Morgan fingerprint density at radius 1 is 1.22 bits per heavy atom. The Labute approximate surface area is 184 Å². The highest BCUT2D eigenvalue weighted by atomic mass is 32.1. The van der Waals surface area contributed by atoms with Crippen molar-refractivity contribution in [3.8, 4) is 17.0 Å². The lowest BCUT2D eigenvalue weighted by atomic mass is 10.1. The molecule has 9 nitrogen and oxygen atoms in total. The van der Waals surface area contributed by atoms with Crippen molar-refractivity contribution in [1.29, 1.82) is 0 Å². The lowest BCUT2D eigenvalue weighted by Crippen LogP contribution is -2.37. The number of benzene rings is 1. The minimum Gasteiger partial charge on any atom is -0.494 e. The van der Waals surface area contributed by atoms with Crippen LogP contribution in [0.3, 0.4) is 0 Å². The summed E-state index contributed by atoms with van der Waals surface area (Å²) >= 11 is 1.18. The van der Waals surface area contributed by atoms with Crippen molar-refractivity contribution < 1.29 is 13.9 Å². The zero-order valence-corrected chi connectivity index (χ0v) is 18.2. The van der Waals surface area contributed by atoms with Gasteiger partial charge in [0.2, 0.25) is 5.91 Å². The van der Waals surface area contributed by atoms with E-state index in [1.807, 2.05) is 0 Å². The van der Waals surface area contributed by atoms with Gasteiger partial charge in [0, 0.05) is 31.2 Å². The van der Waals surface area contributed by atoms with Gasteiger partial charge in [-0.1, -0.05) is 0 Å². The number of nitrogens with zero attached hydrogens (tertiary/aromatic N) is 4. The number of pyridine rings is 1. The molecular weight excluding hydrogens is 437 g/mol. The predicted molar refractivity (Wildman–Crippen MR) is 119 cm³/mol. The molecule has 0 aliphatic heterocycles. The number of rotatable bonds is 5. The summed E-state index contributed by atoms with van der Waals surface area (Å²) < 4.78 is 21.2. The molecule has 4 rings (SSSR count). The summed E-state index contributed by atoms with van der Waals surface area (Å²) in [5.74, 6) is -0.812. The van der Waals surface area contributed by atoms with Crippen molar-refractivity contribution in [2.75, 3.05) is 12.4 Å². The molecule has 3 heterocycles. The number of amides is 1. The average molecular weight is 455 g/mol. The van der Waals surface area contributed by atoms with Crippen LogP contribution in [0.2, 0.25) is 0 Å². The van der Waals surface area contributed by atoms with Crippen LogP contribution in [-0.4, -0.2) is 32.1 Å². The molecule has 0 radical (unpaired) electrons. The van der Waals surface area contributed by atoms with E-state index >= 15 is 0 Å². The number of carbonyl (C=O) groups is 1. The lowest BCUT2D eigenvalue weighted by Gasteiger charge is -2.10. The normalized spacial score (nSPS) is 11.0. The Bertz CT molecular complexity index is 1470. The minimum atomic E-state index is -0.517. The van der Waals surface area contributed by atoms with Crippen LogP contribution >= 0.6 is 11.3 Å². The number of hydrogen-bond donors (Lipinski definition) is 1. The molecule has 0 atom stereocenters. The number of anilines is 1. The van der Waals surface area contributed by atoms with E-state index in [0.717, 1.165) is 4.57 Å². The maximum absolute atomic E-state index is 14.0. The number of fused-ring (bicyclic) bond motifs is 1. The van der Waals surface area contributed by atoms with Crippen LogP contribution in [0.4, 0.5) is 9.52 Å². The summed E-state index contributed by atoms with van der Waals surface area (Å²) in [4.78, 5) is 45.9. The first kappa shape index (κ1) is 21.4. The van der Waals surface area contributed by atoms with Crippen LogP contribution in [0.25, 0.3) is 22.2 Å². The molecule has 0 aliphatic carbocycles. The van der Waals surface area contributed by atoms with Gasteiger partial charge in [-0.05, 0) is 24.3 Å². The zero-order valence-electron chi connectivity index (χ0n) is 17.4. The molecule has 0 fully saturated rings. The first-order valence-electron chi connectivity index (χ1n) is 9.43. The van der Waals surface area contributed by atoms with Gasteiger partial charge in [0.15, 0.2) is 16.7 Å². The second kappa shape index (κ2) is 8.35. The SMILES string of the molecule is COc1ccc(-c2csc(NC(=O)Cc3nccc4c3c(=O)n(C)c(=O)n4C)n2)cc1F. The van der Waals surface area contributed by atoms with Gasteiger partial charge < -0.3 is 10.1 Å². The van der Waals surface area contributed by atoms with Gasteiger partial charge in [0.25, 0.3) is 5.56 Å². The molecule has 0 saturated heterocycles. The monoisotopic (exact) mass is 455 g/mol. The van der Waals surface area contributed by atoms with Crippen LogP contribution in [-0.2, 0) is 25.3 Å². The molecule has 1 aromatic carbocycles. The summed E-state index contributed by atoms with van der Waals surface area (Å²) in [6, 6.07) is 6.03. The lowest BCUT2D eigenvalue weighted by molar-refractivity contribution is -0.115. The summed E-state index contributed by atoms with van der Waals surface area (Å²) in [7, 11) is 4.31. The fourth-order valence-electron chi connectivity index (χ4n) is 3.33. The quantitative estimate of drug-likeness (QED) is 0.494. The number of nitrogens with one attached hydrogen (secondary N) is 1. The molecule has 3 aromatic heterocycles. The van der Waals surface area contributed by atoms with E-state index < -0.39 is 23.0 Å². The smallest absolute Gasteiger partial charge is 0.330 e. The number of hydrogen-bond acceptors (Lipinski definition) is 7. The number of thiazole rings is 1. The highest BCUT2D eigenvalue weighted by Gasteiger charge is 2.17. The molecule has 0 saturated carbocycles. The topological polar surface area (TPSA) is 108 Å². The highest BCUT2D eigenvalue weighted by Crippen LogP contribution is 2.28. The highest BCUT2D eigenvalue weighted by molar-refractivity contribution is 7.14. The van der Waals surface area contributed by atoms with E-state index in [1.54, 1.807) is 24.6 Å². The first-order chi connectivity index (χ1) is 15.3. The summed E-state index contributed by atoms with van der Waals surface area (Å²) in [5.41, 5.74) is 0.713. The third-order valence-electron chi connectivity index (χ3n) is 4.99. The Morgan fingerprint density at radius 3 is 2.72 bits per heavy atom. The van der Waals surface area contributed by atoms with Gasteiger partial charge in [-0.15, -0.1) is 11.3 Å². The number of aromatic nitrogens is 4. The number of aryl methyl sites for hydroxylation is 1. The van der Waals surface area contributed by atoms with Crippen molar-refractivity contribution in [1.82, 2.24) is 19.1 Å². The molecule has 1 amide bonds. The standard InChI is InChI=1S/C21H18FN5O4S/c1-26-15-6-7-23-13(18(15)19(29)27(2)21(26)30)9-17(28)25-20-24-14(10-32-20)11-4-5-16(31-3)12(22)8-11/h4-8,10H,9H2,1-3H3,(H,24,25,28). The van der Waals surface area contributed by atoms with Crippen molar-refractivity contribution in [2.45, 2.75) is 6.42 Å². The van der Waals surface area contributed by atoms with E-state index in [-0.39, 0.29) is 23.3 Å². The second-order valence-electron chi connectivity index (χ2n) is 6.97. The summed E-state index contributed by atoms with van der Waals surface area (Å²) in [6.07, 6.45) is 1.26. The molecule has 0 spiro atoms. The molecule has 11 heteroatoms. The van der Waals surface area contributed by atoms with Crippen LogP contribution in [0.1, 0.15) is 5.69 Å². The molecular formula is C21H18FN5O4S. The van der Waals surface area contributed by atoms with E-state index in [2.05, 4.69) is 15.3 Å². The van der Waals surface area contributed by atoms with Crippen molar-refractivity contribution >= 4 is 33.3 Å². The predicted octanol–water partition coefficient (Wildman–Crippen LogP) is 2.08. The van der Waals surface area contributed by atoms with Gasteiger partial charge in [-0.2, -0.15) is 0 Å². The first-order valence-corrected chi connectivity index (χ1v) is 10.3. The zero-order chi connectivity index (χ0) is 23.0. The third kappa shape index (κ3) is 3.78. The Balaban J connectivity index is 1.58. The maximum atomic E-state index is 14.0. The van der Waals surface area contributed by atoms with Gasteiger partial charge in [-0.3, -0.25) is 23.7 Å². The molecule has 0 unspecified atom stereocenters. The van der Waals surface area contributed by atoms with Gasteiger partial charge in [-0.25, -0.2) is 14.2 Å². The summed E-state index contributed by atoms with van der Waals surface area (Å²) in [6.45, 7) is 0. The molecule has 4 aromatic rings. The van der Waals surface area contributed by atoms with Crippen molar-refractivity contribution in [2.24, 2.45) is 14.1 Å².